The second-order valence-corrected chi connectivity index (χ2v) is 4.43. The fourth-order valence-corrected chi connectivity index (χ4v) is 1.86. The molecule has 0 spiro atoms. The lowest BCUT2D eigenvalue weighted by Gasteiger charge is -2.13. The molecule has 2 N–H and O–H groups in total. The smallest absolute Gasteiger partial charge is 0.224 e. The van der Waals surface area contributed by atoms with Crippen LogP contribution in [0.2, 0.25) is 0 Å². The van der Waals surface area contributed by atoms with Gasteiger partial charge in [0.05, 0.1) is 5.92 Å². The van der Waals surface area contributed by atoms with E-state index in [1.54, 1.807) is 0 Å². The fourth-order valence-electron chi connectivity index (χ4n) is 1.86. The van der Waals surface area contributed by atoms with Gasteiger partial charge in [0.2, 0.25) is 5.91 Å². The molecule has 0 radical (unpaired) electrons. The summed E-state index contributed by atoms with van der Waals surface area (Å²) in [4.78, 5) is 11.6. The summed E-state index contributed by atoms with van der Waals surface area (Å²) in [6, 6.07) is 0. The molecule has 1 saturated carbocycles. The van der Waals surface area contributed by atoms with Gasteiger partial charge in [0.1, 0.15) is 0 Å². The second kappa shape index (κ2) is 3.66. The summed E-state index contributed by atoms with van der Waals surface area (Å²) in [5.41, 5.74) is 0. The molecule has 2 rings (SSSR count). The van der Waals surface area contributed by atoms with Crippen LogP contribution in [0.15, 0.2) is 0 Å². The van der Waals surface area contributed by atoms with Gasteiger partial charge in [-0.2, -0.15) is 0 Å². The molecule has 1 aliphatic carbocycles. The van der Waals surface area contributed by atoms with Gasteiger partial charge in [-0.1, -0.05) is 6.92 Å². The molecule has 0 aromatic heterocycles. The van der Waals surface area contributed by atoms with Gasteiger partial charge < -0.3 is 10.6 Å². The molecule has 1 aliphatic heterocycles. The Morgan fingerprint density at radius 3 is 2.77 bits per heavy atom. The first-order valence-electron chi connectivity index (χ1n) is 5.26. The van der Waals surface area contributed by atoms with E-state index in [1.165, 1.54) is 12.8 Å². The molecule has 3 nitrogen and oxygen atoms in total. The van der Waals surface area contributed by atoms with Crippen molar-refractivity contribution in [3.05, 3.63) is 0 Å². The van der Waals surface area contributed by atoms with E-state index in [4.69, 9.17) is 0 Å². The third-order valence-electron chi connectivity index (χ3n) is 3.12. The number of hydrogen-bond acceptors (Lipinski definition) is 2. The van der Waals surface area contributed by atoms with E-state index in [0.717, 1.165) is 25.6 Å². The van der Waals surface area contributed by atoms with E-state index in [2.05, 4.69) is 17.6 Å². The van der Waals surface area contributed by atoms with Crippen LogP contribution in [0.3, 0.4) is 0 Å². The van der Waals surface area contributed by atoms with Gasteiger partial charge in [0.15, 0.2) is 0 Å². The molecule has 1 saturated heterocycles. The Morgan fingerprint density at radius 1 is 1.46 bits per heavy atom. The summed E-state index contributed by atoms with van der Waals surface area (Å²) in [5, 5.41) is 6.28. The molecule has 13 heavy (non-hydrogen) atoms. The van der Waals surface area contributed by atoms with Crippen molar-refractivity contribution in [3.8, 4) is 0 Å². The van der Waals surface area contributed by atoms with Crippen molar-refractivity contribution < 1.29 is 4.79 Å². The summed E-state index contributed by atoms with van der Waals surface area (Å²) in [5.74, 6) is 1.75. The summed E-state index contributed by atoms with van der Waals surface area (Å²) < 4.78 is 0. The molecule has 3 heteroatoms. The van der Waals surface area contributed by atoms with Gasteiger partial charge in [-0.25, -0.2) is 0 Å². The van der Waals surface area contributed by atoms with Crippen LogP contribution in [-0.2, 0) is 4.79 Å². The van der Waals surface area contributed by atoms with Crippen molar-refractivity contribution in [1.82, 2.24) is 10.6 Å². The van der Waals surface area contributed by atoms with Gasteiger partial charge in [0, 0.05) is 13.1 Å². The Balaban J connectivity index is 1.74. The molecule has 0 aromatic carbocycles. The van der Waals surface area contributed by atoms with Crippen molar-refractivity contribution in [1.29, 1.82) is 0 Å². The molecule has 1 amide bonds. The van der Waals surface area contributed by atoms with E-state index in [1.807, 2.05) is 0 Å². The maximum atomic E-state index is 11.6. The minimum absolute atomic E-state index is 0.207. The normalized spacial score (nSPS) is 33.3. The maximum Gasteiger partial charge on any atom is 0.224 e. The minimum atomic E-state index is 0.207. The van der Waals surface area contributed by atoms with Gasteiger partial charge in [-0.3, -0.25) is 4.79 Å². The number of hydrogen-bond donors (Lipinski definition) is 2. The number of carbonyl (C=O) groups excluding carboxylic acids is 1. The van der Waals surface area contributed by atoms with Crippen molar-refractivity contribution in [2.24, 2.45) is 17.8 Å². The van der Waals surface area contributed by atoms with Crippen LogP contribution < -0.4 is 10.6 Å². The van der Waals surface area contributed by atoms with E-state index in [-0.39, 0.29) is 11.8 Å². The minimum Gasteiger partial charge on any atom is -0.356 e. The summed E-state index contributed by atoms with van der Waals surface area (Å²) in [6.07, 6.45) is 2.61. The zero-order chi connectivity index (χ0) is 9.26. The fraction of sp³-hybridized carbons (Fsp3) is 0.900. The summed E-state index contributed by atoms with van der Waals surface area (Å²) in [7, 11) is 0. The van der Waals surface area contributed by atoms with E-state index < -0.39 is 0 Å². The zero-order valence-electron chi connectivity index (χ0n) is 8.18. The van der Waals surface area contributed by atoms with E-state index in [9.17, 15) is 4.79 Å². The molecule has 0 bridgehead atoms. The van der Waals surface area contributed by atoms with Gasteiger partial charge in [0.25, 0.3) is 0 Å². The van der Waals surface area contributed by atoms with Crippen molar-refractivity contribution in [2.75, 3.05) is 19.6 Å². The molecule has 2 fully saturated rings. The van der Waals surface area contributed by atoms with E-state index in [0.29, 0.717) is 5.92 Å². The Labute approximate surface area is 79.3 Å². The van der Waals surface area contributed by atoms with Gasteiger partial charge in [-0.05, 0) is 31.2 Å². The summed E-state index contributed by atoms with van der Waals surface area (Å²) in [6.45, 7) is 4.89. The number of rotatable bonds is 3. The highest BCUT2D eigenvalue weighted by Gasteiger charge is 2.30. The SMILES string of the molecule is CC1CNCC1C(=O)NCC1CC1. The molecule has 2 unspecified atom stereocenters. The van der Waals surface area contributed by atoms with Crippen LogP contribution in [0.5, 0.6) is 0 Å². The lowest BCUT2D eigenvalue weighted by atomic mass is 9.97. The quantitative estimate of drug-likeness (QED) is 0.662. The van der Waals surface area contributed by atoms with Crippen molar-refractivity contribution >= 4 is 5.91 Å². The molecular weight excluding hydrogens is 164 g/mol. The van der Waals surface area contributed by atoms with Crippen LogP contribution in [0.4, 0.5) is 0 Å². The van der Waals surface area contributed by atoms with Crippen LogP contribution in [0.25, 0.3) is 0 Å². The van der Waals surface area contributed by atoms with Crippen LogP contribution in [0.1, 0.15) is 19.8 Å². The number of nitrogens with one attached hydrogen (secondary N) is 2. The first-order chi connectivity index (χ1) is 6.27. The Hall–Kier alpha value is -0.570. The number of carbonyl (C=O) groups is 1. The predicted octanol–water partition coefficient (Wildman–Crippen LogP) is 0.368. The largest absolute Gasteiger partial charge is 0.356 e. The van der Waals surface area contributed by atoms with Crippen LogP contribution in [-0.4, -0.2) is 25.5 Å². The number of amides is 1. The zero-order valence-corrected chi connectivity index (χ0v) is 8.18. The Kier molecular flexibility index (Phi) is 2.54. The third kappa shape index (κ3) is 2.21. The predicted molar refractivity (Wildman–Crippen MR) is 51.3 cm³/mol. The average Bonchev–Trinajstić information content (AvgIpc) is 2.84. The monoisotopic (exact) mass is 182 g/mol. The maximum absolute atomic E-state index is 11.6. The topological polar surface area (TPSA) is 41.1 Å². The molecule has 2 aliphatic rings. The van der Waals surface area contributed by atoms with Gasteiger partial charge >= 0.3 is 0 Å². The lowest BCUT2D eigenvalue weighted by Crippen LogP contribution is -2.35. The molecule has 0 aromatic rings. The Bertz CT molecular complexity index is 201. The molecule has 74 valence electrons. The van der Waals surface area contributed by atoms with Crippen molar-refractivity contribution in [3.63, 3.8) is 0 Å². The first kappa shape index (κ1) is 9.00. The third-order valence-corrected chi connectivity index (χ3v) is 3.12. The van der Waals surface area contributed by atoms with Gasteiger partial charge in [-0.15, -0.1) is 0 Å². The summed E-state index contributed by atoms with van der Waals surface area (Å²) >= 11 is 0. The van der Waals surface area contributed by atoms with Crippen LogP contribution >= 0.6 is 0 Å². The first-order valence-corrected chi connectivity index (χ1v) is 5.26. The average molecular weight is 182 g/mol. The van der Waals surface area contributed by atoms with Crippen molar-refractivity contribution in [2.45, 2.75) is 19.8 Å². The highest BCUT2D eigenvalue weighted by molar-refractivity contribution is 5.79. The molecule has 1 heterocycles. The highest BCUT2D eigenvalue weighted by atomic mass is 16.1. The second-order valence-electron chi connectivity index (χ2n) is 4.43. The molecular formula is C10H18N2O. The standard InChI is InChI=1S/C10H18N2O/c1-7-4-11-6-9(7)10(13)12-5-8-2-3-8/h7-9,11H,2-6H2,1H3,(H,12,13). The highest BCUT2D eigenvalue weighted by Crippen LogP contribution is 2.27. The lowest BCUT2D eigenvalue weighted by molar-refractivity contribution is -0.125. The van der Waals surface area contributed by atoms with E-state index >= 15 is 0 Å². The van der Waals surface area contributed by atoms with Crippen LogP contribution in [0, 0.1) is 17.8 Å². The Morgan fingerprint density at radius 2 is 2.23 bits per heavy atom. The molecule has 2 atom stereocenters.